The Morgan fingerprint density at radius 3 is 2.44 bits per heavy atom. The van der Waals surface area contributed by atoms with E-state index in [0.29, 0.717) is 6.42 Å². The second-order valence-corrected chi connectivity index (χ2v) is 6.78. The van der Waals surface area contributed by atoms with Crippen LogP contribution < -0.4 is 9.80 Å². The molecule has 132 valence electrons. The minimum absolute atomic E-state index is 0.156. The number of rotatable bonds is 5. The highest BCUT2D eigenvalue weighted by atomic mass is 35.5. The lowest BCUT2D eigenvalue weighted by Crippen LogP contribution is -2.47. The number of anilines is 2. The van der Waals surface area contributed by atoms with E-state index in [1.807, 2.05) is 55.6 Å². The summed E-state index contributed by atoms with van der Waals surface area (Å²) in [6, 6.07) is 17.8. The molecule has 0 atom stereocenters. The first kappa shape index (κ1) is 17.8. The standard InChI is InChI=1S/C20H24ClN3O/c1-22(18-7-3-2-4-8-18)20(25)10-11-23-12-14-24(15-13-23)19-9-5-6-17(21)16-19/h2-9,16H,10-15H2,1H3. The molecule has 0 saturated carbocycles. The normalized spacial score (nSPS) is 15.2. The molecule has 2 aromatic rings. The fourth-order valence-corrected chi connectivity index (χ4v) is 3.30. The van der Waals surface area contributed by atoms with E-state index in [2.05, 4.69) is 15.9 Å². The summed E-state index contributed by atoms with van der Waals surface area (Å²) in [5.74, 6) is 0.156. The molecule has 25 heavy (non-hydrogen) atoms. The Bertz CT molecular complexity index is 699. The van der Waals surface area contributed by atoms with E-state index < -0.39 is 0 Å². The van der Waals surface area contributed by atoms with Crippen molar-refractivity contribution in [2.24, 2.45) is 0 Å². The van der Waals surface area contributed by atoms with Crippen molar-refractivity contribution in [1.29, 1.82) is 0 Å². The van der Waals surface area contributed by atoms with Crippen molar-refractivity contribution in [1.82, 2.24) is 4.90 Å². The smallest absolute Gasteiger partial charge is 0.228 e. The Morgan fingerprint density at radius 2 is 1.76 bits per heavy atom. The Balaban J connectivity index is 1.45. The molecule has 2 aromatic carbocycles. The van der Waals surface area contributed by atoms with Crippen LogP contribution in [-0.2, 0) is 4.79 Å². The van der Waals surface area contributed by atoms with Crippen molar-refractivity contribution >= 4 is 28.9 Å². The van der Waals surface area contributed by atoms with Crippen LogP contribution in [0.25, 0.3) is 0 Å². The molecule has 1 saturated heterocycles. The average molecular weight is 358 g/mol. The Hall–Kier alpha value is -2.04. The molecule has 5 heteroatoms. The predicted octanol–water partition coefficient (Wildman–Crippen LogP) is 3.52. The van der Waals surface area contributed by atoms with Gasteiger partial charge in [0.2, 0.25) is 5.91 Å². The first-order valence-corrected chi connectivity index (χ1v) is 9.06. The van der Waals surface area contributed by atoms with Gasteiger partial charge in [-0.15, -0.1) is 0 Å². The zero-order chi connectivity index (χ0) is 17.6. The Morgan fingerprint density at radius 1 is 1.04 bits per heavy atom. The van der Waals surface area contributed by atoms with Gasteiger partial charge in [-0.25, -0.2) is 0 Å². The van der Waals surface area contributed by atoms with E-state index in [-0.39, 0.29) is 5.91 Å². The number of halogens is 1. The molecule has 0 aromatic heterocycles. The molecule has 0 N–H and O–H groups in total. The monoisotopic (exact) mass is 357 g/mol. The number of benzene rings is 2. The van der Waals surface area contributed by atoms with E-state index >= 15 is 0 Å². The van der Waals surface area contributed by atoms with E-state index in [1.165, 1.54) is 5.69 Å². The summed E-state index contributed by atoms with van der Waals surface area (Å²) in [7, 11) is 1.84. The lowest BCUT2D eigenvalue weighted by atomic mass is 10.2. The number of hydrogen-bond donors (Lipinski definition) is 0. The van der Waals surface area contributed by atoms with Gasteiger partial charge in [0.05, 0.1) is 0 Å². The van der Waals surface area contributed by atoms with E-state index in [4.69, 9.17) is 11.6 Å². The van der Waals surface area contributed by atoms with Crippen LogP contribution in [0, 0.1) is 0 Å². The molecule has 1 aliphatic heterocycles. The van der Waals surface area contributed by atoms with Crippen molar-refractivity contribution in [3.8, 4) is 0 Å². The van der Waals surface area contributed by atoms with Crippen LogP contribution in [-0.4, -0.2) is 50.6 Å². The van der Waals surface area contributed by atoms with Crippen molar-refractivity contribution in [3.05, 3.63) is 59.6 Å². The van der Waals surface area contributed by atoms with Gasteiger partial charge in [-0.05, 0) is 30.3 Å². The predicted molar refractivity (Wildman–Crippen MR) is 105 cm³/mol. The molecule has 0 radical (unpaired) electrons. The minimum Gasteiger partial charge on any atom is -0.369 e. The summed E-state index contributed by atoms with van der Waals surface area (Å²) >= 11 is 6.08. The van der Waals surface area contributed by atoms with Crippen molar-refractivity contribution in [2.75, 3.05) is 49.6 Å². The van der Waals surface area contributed by atoms with Crippen LogP contribution in [0.5, 0.6) is 0 Å². The molecule has 0 aliphatic carbocycles. The third-order valence-electron chi connectivity index (χ3n) is 4.71. The van der Waals surface area contributed by atoms with Crippen LogP contribution in [0.1, 0.15) is 6.42 Å². The van der Waals surface area contributed by atoms with E-state index in [1.54, 1.807) is 4.90 Å². The molecule has 0 bridgehead atoms. The summed E-state index contributed by atoms with van der Waals surface area (Å²) in [4.78, 5) is 18.8. The van der Waals surface area contributed by atoms with Crippen LogP contribution in [0.4, 0.5) is 11.4 Å². The number of para-hydroxylation sites is 1. The van der Waals surface area contributed by atoms with Crippen LogP contribution in [0.15, 0.2) is 54.6 Å². The van der Waals surface area contributed by atoms with Crippen LogP contribution >= 0.6 is 11.6 Å². The molecule has 0 unspecified atom stereocenters. The zero-order valence-corrected chi connectivity index (χ0v) is 15.3. The Kier molecular flexibility index (Phi) is 5.95. The molecular weight excluding hydrogens is 334 g/mol. The van der Waals surface area contributed by atoms with E-state index in [0.717, 1.165) is 43.4 Å². The third kappa shape index (κ3) is 4.74. The lowest BCUT2D eigenvalue weighted by molar-refractivity contribution is -0.118. The molecule has 1 amide bonds. The number of amides is 1. The van der Waals surface area contributed by atoms with Crippen molar-refractivity contribution < 1.29 is 4.79 Å². The fraction of sp³-hybridized carbons (Fsp3) is 0.350. The SMILES string of the molecule is CN(C(=O)CCN1CCN(c2cccc(Cl)c2)CC1)c1ccccc1. The quantitative estimate of drug-likeness (QED) is 0.819. The third-order valence-corrected chi connectivity index (χ3v) is 4.94. The fourth-order valence-electron chi connectivity index (χ4n) is 3.12. The number of nitrogens with zero attached hydrogens (tertiary/aromatic N) is 3. The van der Waals surface area contributed by atoms with Gasteiger partial charge in [0, 0.05) is 62.6 Å². The molecule has 1 aliphatic rings. The molecule has 4 nitrogen and oxygen atoms in total. The maximum absolute atomic E-state index is 12.4. The van der Waals surface area contributed by atoms with Crippen molar-refractivity contribution in [3.63, 3.8) is 0 Å². The van der Waals surface area contributed by atoms with Gasteiger partial charge in [0.1, 0.15) is 0 Å². The van der Waals surface area contributed by atoms with Gasteiger partial charge >= 0.3 is 0 Å². The maximum atomic E-state index is 12.4. The summed E-state index contributed by atoms with van der Waals surface area (Å²) < 4.78 is 0. The second kappa shape index (κ2) is 8.37. The van der Waals surface area contributed by atoms with E-state index in [9.17, 15) is 4.79 Å². The molecular formula is C20H24ClN3O. The number of piperazine rings is 1. The van der Waals surface area contributed by atoms with Gasteiger partial charge in [-0.3, -0.25) is 9.69 Å². The van der Waals surface area contributed by atoms with Crippen molar-refractivity contribution in [2.45, 2.75) is 6.42 Å². The highest BCUT2D eigenvalue weighted by Gasteiger charge is 2.19. The Labute approximate surface area is 154 Å². The average Bonchev–Trinajstić information content (AvgIpc) is 2.66. The van der Waals surface area contributed by atoms with Gasteiger partial charge in [-0.1, -0.05) is 35.9 Å². The molecule has 1 fully saturated rings. The topological polar surface area (TPSA) is 26.8 Å². The van der Waals surface area contributed by atoms with Gasteiger partial charge in [0.25, 0.3) is 0 Å². The first-order valence-electron chi connectivity index (χ1n) is 8.68. The summed E-state index contributed by atoms with van der Waals surface area (Å²) in [5, 5.41) is 0.773. The minimum atomic E-state index is 0.156. The number of carbonyl (C=O) groups is 1. The van der Waals surface area contributed by atoms with Gasteiger partial charge in [0.15, 0.2) is 0 Å². The second-order valence-electron chi connectivity index (χ2n) is 6.35. The zero-order valence-electron chi connectivity index (χ0n) is 14.6. The summed E-state index contributed by atoms with van der Waals surface area (Å²) in [5.41, 5.74) is 2.12. The van der Waals surface area contributed by atoms with Crippen LogP contribution in [0.3, 0.4) is 0 Å². The summed E-state index contributed by atoms with van der Waals surface area (Å²) in [6.45, 7) is 4.66. The molecule has 3 rings (SSSR count). The maximum Gasteiger partial charge on any atom is 0.228 e. The number of hydrogen-bond acceptors (Lipinski definition) is 3. The molecule has 0 spiro atoms. The summed E-state index contributed by atoms with van der Waals surface area (Å²) in [6.07, 6.45) is 0.544. The highest BCUT2D eigenvalue weighted by Crippen LogP contribution is 2.21. The van der Waals surface area contributed by atoms with Crippen LogP contribution in [0.2, 0.25) is 5.02 Å². The van der Waals surface area contributed by atoms with Gasteiger partial charge < -0.3 is 9.80 Å². The first-order chi connectivity index (χ1) is 12.1. The molecule has 1 heterocycles. The lowest BCUT2D eigenvalue weighted by Gasteiger charge is -2.36. The van der Waals surface area contributed by atoms with Gasteiger partial charge in [-0.2, -0.15) is 0 Å². The number of carbonyl (C=O) groups excluding carboxylic acids is 1. The highest BCUT2D eigenvalue weighted by molar-refractivity contribution is 6.30. The largest absolute Gasteiger partial charge is 0.369 e.